The van der Waals surface area contributed by atoms with Crippen LogP contribution in [0.15, 0.2) is 23.4 Å². The molecule has 0 atom stereocenters. The van der Waals surface area contributed by atoms with Gasteiger partial charge in [-0.05, 0) is 24.6 Å². The molecule has 2 N–H and O–H groups in total. The summed E-state index contributed by atoms with van der Waals surface area (Å²) in [6.07, 6.45) is 1.36. The number of aromatic carboxylic acids is 1. The minimum atomic E-state index is -0.949. The number of imidazole rings is 1. The van der Waals surface area contributed by atoms with Crippen molar-refractivity contribution in [3.8, 4) is 6.07 Å². The number of fused-ring (bicyclic) bond motifs is 1. The van der Waals surface area contributed by atoms with Crippen LogP contribution in [0.25, 0.3) is 11.0 Å². The average molecular weight is 261 g/mol. The molecule has 0 aliphatic rings. The number of carboxylic acid groups (broad SMARTS) is 1. The first-order valence-electron chi connectivity index (χ1n) is 5.43. The molecular formula is C12H11N3O2S. The number of carboxylic acids is 1. The van der Waals surface area contributed by atoms with Crippen LogP contribution < -0.4 is 0 Å². The van der Waals surface area contributed by atoms with E-state index in [4.69, 9.17) is 10.4 Å². The van der Waals surface area contributed by atoms with E-state index in [0.29, 0.717) is 6.42 Å². The zero-order valence-electron chi connectivity index (χ0n) is 9.51. The lowest BCUT2D eigenvalue weighted by Gasteiger charge is -1.93. The Labute approximate surface area is 108 Å². The number of aromatic amines is 1. The summed E-state index contributed by atoms with van der Waals surface area (Å²) in [5, 5.41) is 18.1. The lowest BCUT2D eigenvalue weighted by atomic mass is 10.2. The van der Waals surface area contributed by atoms with E-state index >= 15 is 0 Å². The molecule has 2 rings (SSSR count). The highest BCUT2D eigenvalue weighted by Gasteiger charge is 2.07. The lowest BCUT2D eigenvalue weighted by molar-refractivity contribution is 0.0697. The summed E-state index contributed by atoms with van der Waals surface area (Å²) >= 11 is 1.54. The molecule has 92 valence electrons. The summed E-state index contributed by atoms with van der Waals surface area (Å²) in [4.78, 5) is 18.2. The molecular weight excluding hydrogens is 250 g/mol. The Balaban J connectivity index is 2.12. The number of aromatic nitrogens is 2. The Hall–Kier alpha value is -2.00. The van der Waals surface area contributed by atoms with Gasteiger partial charge in [0.1, 0.15) is 0 Å². The summed E-state index contributed by atoms with van der Waals surface area (Å²) in [5.41, 5.74) is 1.72. The number of hydrogen-bond donors (Lipinski definition) is 2. The lowest BCUT2D eigenvalue weighted by Crippen LogP contribution is -1.94. The van der Waals surface area contributed by atoms with E-state index in [-0.39, 0.29) is 5.56 Å². The van der Waals surface area contributed by atoms with Gasteiger partial charge in [0.25, 0.3) is 0 Å². The third kappa shape index (κ3) is 2.81. The number of hydrogen-bond acceptors (Lipinski definition) is 4. The molecule has 1 aromatic carbocycles. The van der Waals surface area contributed by atoms with E-state index in [0.717, 1.165) is 28.4 Å². The molecule has 0 radical (unpaired) electrons. The number of benzene rings is 1. The number of rotatable bonds is 5. The maximum atomic E-state index is 10.8. The van der Waals surface area contributed by atoms with Gasteiger partial charge in [0.15, 0.2) is 5.16 Å². The Morgan fingerprint density at radius 3 is 3.11 bits per heavy atom. The average Bonchev–Trinajstić information content (AvgIpc) is 2.76. The van der Waals surface area contributed by atoms with Crippen molar-refractivity contribution in [2.75, 3.05) is 5.75 Å². The Bertz CT molecular complexity index is 615. The summed E-state index contributed by atoms with van der Waals surface area (Å²) in [7, 11) is 0. The monoisotopic (exact) mass is 261 g/mol. The third-order valence-corrected chi connectivity index (χ3v) is 3.34. The van der Waals surface area contributed by atoms with Crippen LogP contribution in [0.2, 0.25) is 0 Å². The highest BCUT2D eigenvalue weighted by molar-refractivity contribution is 7.99. The van der Waals surface area contributed by atoms with Crippen LogP contribution in [0.5, 0.6) is 0 Å². The SMILES string of the molecule is N#CCCCSc1nc2ccc(C(=O)O)cc2[nH]1. The van der Waals surface area contributed by atoms with E-state index in [1.165, 1.54) is 17.8 Å². The quantitative estimate of drug-likeness (QED) is 0.638. The molecule has 0 fully saturated rings. The van der Waals surface area contributed by atoms with E-state index in [2.05, 4.69) is 16.0 Å². The van der Waals surface area contributed by atoms with Gasteiger partial charge >= 0.3 is 5.97 Å². The number of nitrogens with zero attached hydrogens (tertiary/aromatic N) is 2. The minimum Gasteiger partial charge on any atom is -0.478 e. The van der Waals surface area contributed by atoms with Gasteiger partial charge in [-0.2, -0.15) is 5.26 Å². The van der Waals surface area contributed by atoms with Crippen molar-refractivity contribution in [2.24, 2.45) is 0 Å². The topological polar surface area (TPSA) is 89.8 Å². The largest absolute Gasteiger partial charge is 0.478 e. The predicted octanol–water partition coefficient (Wildman–Crippen LogP) is 2.66. The molecule has 0 saturated heterocycles. The zero-order chi connectivity index (χ0) is 13.0. The highest BCUT2D eigenvalue weighted by Crippen LogP contribution is 2.21. The van der Waals surface area contributed by atoms with E-state index in [1.54, 1.807) is 12.1 Å². The van der Waals surface area contributed by atoms with Crippen molar-refractivity contribution >= 4 is 28.8 Å². The smallest absolute Gasteiger partial charge is 0.335 e. The van der Waals surface area contributed by atoms with Gasteiger partial charge in [-0.1, -0.05) is 11.8 Å². The zero-order valence-corrected chi connectivity index (χ0v) is 10.3. The van der Waals surface area contributed by atoms with Gasteiger partial charge in [-0.3, -0.25) is 0 Å². The van der Waals surface area contributed by atoms with Crippen molar-refractivity contribution in [1.29, 1.82) is 5.26 Å². The number of carbonyl (C=O) groups is 1. The van der Waals surface area contributed by atoms with Gasteiger partial charge in [0.05, 0.1) is 22.7 Å². The van der Waals surface area contributed by atoms with Gasteiger partial charge < -0.3 is 10.1 Å². The molecule has 2 aromatic rings. The van der Waals surface area contributed by atoms with Crippen LogP contribution >= 0.6 is 11.8 Å². The second-order valence-corrected chi connectivity index (χ2v) is 4.77. The van der Waals surface area contributed by atoms with E-state index in [9.17, 15) is 4.79 Å². The van der Waals surface area contributed by atoms with Crippen LogP contribution in [-0.2, 0) is 0 Å². The van der Waals surface area contributed by atoms with Crippen LogP contribution in [-0.4, -0.2) is 26.8 Å². The second-order valence-electron chi connectivity index (χ2n) is 3.69. The van der Waals surface area contributed by atoms with Crippen molar-refractivity contribution in [2.45, 2.75) is 18.0 Å². The summed E-state index contributed by atoms with van der Waals surface area (Å²) in [6, 6.07) is 6.89. The molecule has 0 saturated carbocycles. The summed E-state index contributed by atoms with van der Waals surface area (Å²) < 4.78 is 0. The Kier molecular flexibility index (Phi) is 3.85. The summed E-state index contributed by atoms with van der Waals surface area (Å²) in [6.45, 7) is 0. The van der Waals surface area contributed by atoms with Crippen molar-refractivity contribution in [3.63, 3.8) is 0 Å². The molecule has 5 nitrogen and oxygen atoms in total. The van der Waals surface area contributed by atoms with Gasteiger partial charge in [0, 0.05) is 12.2 Å². The second kappa shape index (κ2) is 5.56. The normalized spacial score (nSPS) is 10.4. The van der Waals surface area contributed by atoms with E-state index in [1.807, 2.05) is 0 Å². The molecule has 18 heavy (non-hydrogen) atoms. The standard InChI is InChI=1S/C12H11N3O2S/c13-5-1-2-6-18-12-14-9-4-3-8(11(16)17)7-10(9)15-12/h3-4,7H,1-2,6H2,(H,14,15)(H,16,17). The van der Waals surface area contributed by atoms with Crippen LogP contribution in [0.1, 0.15) is 23.2 Å². The predicted molar refractivity (Wildman–Crippen MR) is 68.6 cm³/mol. The van der Waals surface area contributed by atoms with Crippen molar-refractivity contribution in [1.82, 2.24) is 9.97 Å². The van der Waals surface area contributed by atoms with E-state index < -0.39 is 5.97 Å². The van der Waals surface area contributed by atoms with Crippen LogP contribution in [0, 0.1) is 11.3 Å². The molecule has 0 aliphatic carbocycles. The molecule has 0 spiro atoms. The maximum absolute atomic E-state index is 10.8. The fourth-order valence-electron chi connectivity index (χ4n) is 1.51. The minimum absolute atomic E-state index is 0.243. The first-order valence-corrected chi connectivity index (χ1v) is 6.42. The first kappa shape index (κ1) is 12.5. The molecule has 6 heteroatoms. The molecule has 1 aromatic heterocycles. The number of H-pyrrole nitrogens is 1. The number of nitriles is 1. The van der Waals surface area contributed by atoms with Gasteiger partial charge in [-0.25, -0.2) is 9.78 Å². The molecule has 0 bridgehead atoms. The fraction of sp³-hybridized carbons (Fsp3) is 0.250. The highest BCUT2D eigenvalue weighted by atomic mass is 32.2. The molecule has 0 aliphatic heterocycles. The van der Waals surface area contributed by atoms with Gasteiger partial charge in [-0.15, -0.1) is 0 Å². The molecule has 1 heterocycles. The fourth-order valence-corrected chi connectivity index (χ4v) is 2.33. The number of unbranched alkanes of at least 4 members (excludes halogenated alkanes) is 1. The summed E-state index contributed by atoms with van der Waals surface area (Å²) in [5.74, 6) is -0.131. The molecule has 0 amide bonds. The van der Waals surface area contributed by atoms with Gasteiger partial charge in [0.2, 0.25) is 0 Å². The number of thioether (sulfide) groups is 1. The Morgan fingerprint density at radius 1 is 1.56 bits per heavy atom. The molecule has 0 unspecified atom stereocenters. The number of nitrogens with one attached hydrogen (secondary N) is 1. The van der Waals surface area contributed by atoms with Crippen LogP contribution in [0.4, 0.5) is 0 Å². The maximum Gasteiger partial charge on any atom is 0.335 e. The Morgan fingerprint density at radius 2 is 2.39 bits per heavy atom. The van der Waals surface area contributed by atoms with Crippen molar-refractivity contribution < 1.29 is 9.90 Å². The van der Waals surface area contributed by atoms with Crippen molar-refractivity contribution in [3.05, 3.63) is 23.8 Å². The first-order chi connectivity index (χ1) is 8.70. The third-order valence-electron chi connectivity index (χ3n) is 2.38. The van der Waals surface area contributed by atoms with Crippen LogP contribution in [0.3, 0.4) is 0 Å².